The molecule has 0 saturated heterocycles. The van der Waals surface area contributed by atoms with Crippen LogP contribution in [-0.2, 0) is 6.54 Å². The minimum atomic E-state index is -0.197. The van der Waals surface area contributed by atoms with Gasteiger partial charge in [0.15, 0.2) is 0 Å². The fraction of sp³-hybridized carbons (Fsp3) is 0.533. The number of hydrogen-bond donors (Lipinski definition) is 1. The minimum Gasteiger partial charge on any atom is -0.300 e. The Balaban J connectivity index is 2.70. The molecule has 0 saturated carbocycles. The predicted molar refractivity (Wildman–Crippen MR) is 75.1 cm³/mol. The van der Waals surface area contributed by atoms with E-state index in [9.17, 15) is 0 Å². The molecule has 98 valence electrons. The van der Waals surface area contributed by atoms with Crippen LogP contribution in [0, 0.1) is 11.3 Å². The average Bonchev–Trinajstić information content (AvgIpc) is 2.43. The Morgan fingerprint density at radius 1 is 1.17 bits per heavy atom. The SMILES string of the molecule is CCNC(C#N)c1ccc(CN(CC)CC)cc1. The number of benzene rings is 1. The highest BCUT2D eigenvalue weighted by molar-refractivity contribution is 5.28. The highest BCUT2D eigenvalue weighted by Gasteiger charge is 2.08. The highest BCUT2D eigenvalue weighted by atomic mass is 15.1. The van der Waals surface area contributed by atoms with Gasteiger partial charge in [-0.2, -0.15) is 5.26 Å². The lowest BCUT2D eigenvalue weighted by Crippen LogP contribution is -2.22. The van der Waals surface area contributed by atoms with Crippen molar-refractivity contribution in [2.75, 3.05) is 19.6 Å². The molecule has 0 radical (unpaired) electrons. The van der Waals surface area contributed by atoms with Gasteiger partial charge in [0, 0.05) is 6.54 Å². The maximum absolute atomic E-state index is 9.08. The number of nitrogens with one attached hydrogen (secondary N) is 1. The molecule has 18 heavy (non-hydrogen) atoms. The fourth-order valence-corrected chi connectivity index (χ4v) is 1.96. The number of nitriles is 1. The van der Waals surface area contributed by atoms with Crippen LogP contribution in [0.3, 0.4) is 0 Å². The van der Waals surface area contributed by atoms with E-state index in [2.05, 4.69) is 54.4 Å². The molecule has 0 aromatic heterocycles. The summed E-state index contributed by atoms with van der Waals surface area (Å²) in [7, 11) is 0. The second-order valence-corrected chi connectivity index (χ2v) is 4.32. The molecule has 0 heterocycles. The molecule has 1 unspecified atom stereocenters. The van der Waals surface area contributed by atoms with Gasteiger partial charge in [-0.25, -0.2) is 0 Å². The fourth-order valence-electron chi connectivity index (χ4n) is 1.96. The van der Waals surface area contributed by atoms with E-state index in [1.807, 2.05) is 6.92 Å². The van der Waals surface area contributed by atoms with E-state index in [1.54, 1.807) is 0 Å². The van der Waals surface area contributed by atoms with Crippen molar-refractivity contribution in [2.45, 2.75) is 33.4 Å². The standard InChI is InChI=1S/C15H23N3/c1-4-17-15(11-16)14-9-7-13(8-10-14)12-18(5-2)6-3/h7-10,15,17H,4-6,12H2,1-3H3. The highest BCUT2D eigenvalue weighted by Crippen LogP contribution is 2.14. The summed E-state index contributed by atoms with van der Waals surface area (Å²) < 4.78 is 0. The molecular weight excluding hydrogens is 222 g/mol. The van der Waals surface area contributed by atoms with Crippen molar-refractivity contribution in [1.82, 2.24) is 10.2 Å². The third-order valence-electron chi connectivity index (χ3n) is 3.15. The molecule has 0 bridgehead atoms. The van der Waals surface area contributed by atoms with Gasteiger partial charge in [0.2, 0.25) is 0 Å². The van der Waals surface area contributed by atoms with Crippen molar-refractivity contribution in [3.05, 3.63) is 35.4 Å². The lowest BCUT2D eigenvalue weighted by atomic mass is 10.1. The van der Waals surface area contributed by atoms with Gasteiger partial charge >= 0.3 is 0 Å². The molecule has 3 heteroatoms. The molecule has 0 aliphatic heterocycles. The summed E-state index contributed by atoms with van der Waals surface area (Å²) in [4.78, 5) is 2.38. The molecular formula is C15H23N3. The van der Waals surface area contributed by atoms with Crippen LogP contribution in [0.4, 0.5) is 0 Å². The second-order valence-electron chi connectivity index (χ2n) is 4.32. The Labute approximate surface area is 110 Å². The number of nitrogens with zero attached hydrogens (tertiary/aromatic N) is 2. The zero-order chi connectivity index (χ0) is 13.4. The second kappa shape index (κ2) is 7.86. The zero-order valence-electron chi connectivity index (χ0n) is 11.6. The van der Waals surface area contributed by atoms with E-state index in [0.717, 1.165) is 31.7 Å². The lowest BCUT2D eigenvalue weighted by Gasteiger charge is -2.18. The number of rotatable bonds is 7. The first-order valence-corrected chi connectivity index (χ1v) is 6.69. The largest absolute Gasteiger partial charge is 0.300 e. The summed E-state index contributed by atoms with van der Waals surface area (Å²) in [5, 5.41) is 12.2. The Morgan fingerprint density at radius 3 is 2.22 bits per heavy atom. The van der Waals surface area contributed by atoms with Gasteiger partial charge in [-0.1, -0.05) is 45.0 Å². The van der Waals surface area contributed by atoms with E-state index < -0.39 is 0 Å². The van der Waals surface area contributed by atoms with Crippen LogP contribution in [0.1, 0.15) is 37.9 Å². The molecule has 1 N–H and O–H groups in total. The molecule has 1 aromatic rings. The third kappa shape index (κ3) is 4.14. The maximum atomic E-state index is 9.08. The monoisotopic (exact) mass is 245 g/mol. The van der Waals surface area contributed by atoms with Crippen molar-refractivity contribution in [3.63, 3.8) is 0 Å². The van der Waals surface area contributed by atoms with Gasteiger partial charge < -0.3 is 0 Å². The summed E-state index contributed by atoms with van der Waals surface area (Å²) in [5.74, 6) is 0. The van der Waals surface area contributed by atoms with Crippen LogP contribution in [0.15, 0.2) is 24.3 Å². The van der Waals surface area contributed by atoms with E-state index in [0.29, 0.717) is 0 Å². The van der Waals surface area contributed by atoms with Gasteiger partial charge in [-0.3, -0.25) is 10.2 Å². The molecule has 0 spiro atoms. The zero-order valence-corrected chi connectivity index (χ0v) is 11.6. The minimum absolute atomic E-state index is 0.197. The van der Waals surface area contributed by atoms with Crippen molar-refractivity contribution < 1.29 is 0 Å². The maximum Gasteiger partial charge on any atom is 0.121 e. The summed E-state index contributed by atoms with van der Waals surface area (Å²) in [6.07, 6.45) is 0. The van der Waals surface area contributed by atoms with Crippen molar-refractivity contribution in [3.8, 4) is 6.07 Å². The quantitative estimate of drug-likeness (QED) is 0.802. The topological polar surface area (TPSA) is 39.1 Å². The molecule has 3 nitrogen and oxygen atoms in total. The molecule has 0 amide bonds. The molecule has 0 aliphatic rings. The number of hydrogen-bond acceptors (Lipinski definition) is 3. The van der Waals surface area contributed by atoms with Crippen LogP contribution >= 0.6 is 0 Å². The Morgan fingerprint density at radius 2 is 1.78 bits per heavy atom. The predicted octanol–water partition coefficient (Wildman–Crippen LogP) is 2.70. The van der Waals surface area contributed by atoms with Gasteiger partial charge in [-0.15, -0.1) is 0 Å². The average molecular weight is 245 g/mol. The first kappa shape index (κ1) is 14.7. The van der Waals surface area contributed by atoms with E-state index in [1.165, 1.54) is 5.56 Å². The smallest absolute Gasteiger partial charge is 0.121 e. The van der Waals surface area contributed by atoms with Gasteiger partial charge in [0.1, 0.15) is 6.04 Å². The molecule has 0 aliphatic carbocycles. The molecule has 1 atom stereocenters. The lowest BCUT2D eigenvalue weighted by molar-refractivity contribution is 0.296. The Kier molecular flexibility index (Phi) is 6.42. The van der Waals surface area contributed by atoms with Crippen LogP contribution in [0.25, 0.3) is 0 Å². The molecule has 1 rings (SSSR count). The van der Waals surface area contributed by atoms with Gasteiger partial charge in [0.25, 0.3) is 0 Å². The van der Waals surface area contributed by atoms with Gasteiger partial charge in [-0.05, 0) is 30.8 Å². The Hall–Kier alpha value is -1.37. The molecule has 1 aromatic carbocycles. The van der Waals surface area contributed by atoms with Crippen molar-refractivity contribution in [1.29, 1.82) is 5.26 Å². The van der Waals surface area contributed by atoms with Crippen molar-refractivity contribution in [2.24, 2.45) is 0 Å². The first-order valence-electron chi connectivity index (χ1n) is 6.69. The van der Waals surface area contributed by atoms with Crippen LogP contribution in [0.2, 0.25) is 0 Å². The Bertz CT molecular complexity index is 374. The van der Waals surface area contributed by atoms with E-state index in [-0.39, 0.29) is 6.04 Å². The van der Waals surface area contributed by atoms with Crippen LogP contribution < -0.4 is 5.32 Å². The summed E-state index contributed by atoms with van der Waals surface area (Å²) >= 11 is 0. The summed E-state index contributed by atoms with van der Waals surface area (Å²) in [5.41, 5.74) is 2.35. The van der Waals surface area contributed by atoms with Gasteiger partial charge in [0.05, 0.1) is 6.07 Å². The van der Waals surface area contributed by atoms with E-state index >= 15 is 0 Å². The van der Waals surface area contributed by atoms with Crippen LogP contribution in [0.5, 0.6) is 0 Å². The first-order chi connectivity index (χ1) is 8.74. The van der Waals surface area contributed by atoms with Crippen molar-refractivity contribution >= 4 is 0 Å². The third-order valence-corrected chi connectivity index (χ3v) is 3.15. The normalized spacial score (nSPS) is 12.4. The van der Waals surface area contributed by atoms with E-state index in [4.69, 9.17) is 5.26 Å². The summed E-state index contributed by atoms with van der Waals surface area (Å²) in [6, 6.07) is 10.4. The van der Waals surface area contributed by atoms with Crippen LogP contribution in [-0.4, -0.2) is 24.5 Å². The summed E-state index contributed by atoms with van der Waals surface area (Å²) in [6.45, 7) is 10.3. The molecule has 0 fully saturated rings.